The standard InChI is InChI=1S/C14H21N3OS/c1-9(2)7-10(15)13(8-18)19-14-16-11-5-3-4-6-12(11)17-14/h3-6,9-10,13,18H,7-8,15H2,1-2H3,(H,16,17). The van der Waals surface area contributed by atoms with Crippen LogP contribution in [0.4, 0.5) is 0 Å². The van der Waals surface area contributed by atoms with Crippen LogP contribution in [-0.4, -0.2) is 33.0 Å². The maximum Gasteiger partial charge on any atom is 0.166 e. The van der Waals surface area contributed by atoms with Gasteiger partial charge in [-0.2, -0.15) is 0 Å². The predicted octanol–water partition coefficient (Wildman–Crippen LogP) is 2.39. The molecule has 2 unspecified atom stereocenters. The van der Waals surface area contributed by atoms with Gasteiger partial charge < -0.3 is 15.8 Å². The molecule has 2 rings (SSSR count). The summed E-state index contributed by atoms with van der Waals surface area (Å²) in [6, 6.07) is 7.88. The first kappa shape index (κ1) is 14.4. The number of aliphatic hydroxyl groups is 1. The lowest BCUT2D eigenvalue weighted by atomic mass is 10.0. The molecular formula is C14H21N3OS. The topological polar surface area (TPSA) is 74.9 Å². The van der Waals surface area contributed by atoms with Crippen LogP contribution < -0.4 is 5.73 Å². The van der Waals surface area contributed by atoms with E-state index >= 15 is 0 Å². The number of nitrogens with zero attached hydrogens (tertiary/aromatic N) is 1. The Bertz CT molecular complexity index is 493. The third kappa shape index (κ3) is 3.72. The number of para-hydroxylation sites is 2. The molecule has 4 nitrogen and oxygen atoms in total. The zero-order chi connectivity index (χ0) is 13.8. The van der Waals surface area contributed by atoms with Crippen molar-refractivity contribution in [1.29, 1.82) is 0 Å². The van der Waals surface area contributed by atoms with Gasteiger partial charge in [0, 0.05) is 6.04 Å². The van der Waals surface area contributed by atoms with Gasteiger partial charge in [0.25, 0.3) is 0 Å². The highest BCUT2D eigenvalue weighted by Gasteiger charge is 2.20. The van der Waals surface area contributed by atoms with Crippen molar-refractivity contribution < 1.29 is 5.11 Å². The zero-order valence-electron chi connectivity index (χ0n) is 11.3. The first-order chi connectivity index (χ1) is 9.10. The van der Waals surface area contributed by atoms with Gasteiger partial charge in [0.05, 0.1) is 22.9 Å². The van der Waals surface area contributed by atoms with E-state index in [0.717, 1.165) is 22.6 Å². The third-order valence-corrected chi connectivity index (χ3v) is 4.25. The fourth-order valence-corrected chi connectivity index (χ4v) is 3.05. The lowest BCUT2D eigenvalue weighted by molar-refractivity contribution is 0.275. The fraction of sp³-hybridized carbons (Fsp3) is 0.500. The molecule has 1 aromatic carbocycles. The molecule has 2 aromatic rings. The minimum Gasteiger partial charge on any atom is -0.395 e. The Hall–Kier alpha value is -1.04. The summed E-state index contributed by atoms with van der Waals surface area (Å²) in [5.74, 6) is 0.528. The van der Waals surface area contributed by atoms with Crippen molar-refractivity contribution in [2.24, 2.45) is 11.7 Å². The van der Waals surface area contributed by atoms with Crippen molar-refractivity contribution in [3.05, 3.63) is 24.3 Å². The van der Waals surface area contributed by atoms with Crippen molar-refractivity contribution in [1.82, 2.24) is 9.97 Å². The molecule has 0 saturated heterocycles. The van der Waals surface area contributed by atoms with Crippen LogP contribution in [0.5, 0.6) is 0 Å². The maximum absolute atomic E-state index is 9.50. The van der Waals surface area contributed by atoms with Crippen molar-refractivity contribution in [2.45, 2.75) is 36.7 Å². The molecule has 0 saturated carbocycles. The highest BCUT2D eigenvalue weighted by atomic mass is 32.2. The molecule has 0 spiro atoms. The lowest BCUT2D eigenvalue weighted by Gasteiger charge is -2.21. The van der Waals surface area contributed by atoms with Gasteiger partial charge in [-0.1, -0.05) is 37.7 Å². The van der Waals surface area contributed by atoms with E-state index in [9.17, 15) is 5.11 Å². The Kier molecular flexibility index (Phi) is 4.85. The Morgan fingerprint density at radius 2 is 2.11 bits per heavy atom. The number of hydrogen-bond donors (Lipinski definition) is 3. The number of benzene rings is 1. The van der Waals surface area contributed by atoms with Gasteiger partial charge in [-0.05, 0) is 24.5 Å². The number of aromatic nitrogens is 2. The van der Waals surface area contributed by atoms with E-state index in [1.165, 1.54) is 11.8 Å². The van der Waals surface area contributed by atoms with E-state index in [1.807, 2.05) is 24.3 Å². The number of imidazole rings is 1. The third-order valence-electron chi connectivity index (χ3n) is 3.03. The SMILES string of the molecule is CC(C)CC(N)C(CO)Sc1nc2ccccc2[nH]1. The van der Waals surface area contributed by atoms with Crippen LogP contribution in [0, 0.1) is 5.92 Å². The van der Waals surface area contributed by atoms with Crippen LogP contribution in [0.1, 0.15) is 20.3 Å². The number of H-pyrrole nitrogens is 1. The average Bonchev–Trinajstić information content (AvgIpc) is 2.77. The number of thioether (sulfide) groups is 1. The van der Waals surface area contributed by atoms with Crippen LogP contribution in [0.2, 0.25) is 0 Å². The van der Waals surface area contributed by atoms with Gasteiger partial charge in [-0.3, -0.25) is 0 Å². The van der Waals surface area contributed by atoms with Gasteiger partial charge in [-0.15, -0.1) is 0 Å². The van der Waals surface area contributed by atoms with E-state index in [-0.39, 0.29) is 17.9 Å². The molecule has 5 heteroatoms. The Morgan fingerprint density at radius 1 is 1.37 bits per heavy atom. The number of fused-ring (bicyclic) bond motifs is 1. The second-order valence-corrected chi connectivity index (χ2v) is 6.42. The summed E-state index contributed by atoms with van der Waals surface area (Å²) in [4.78, 5) is 7.76. The molecule has 0 aliphatic rings. The fourth-order valence-electron chi connectivity index (χ4n) is 2.08. The maximum atomic E-state index is 9.50. The summed E-state index contributed by atoms with van der Waals surface area (Å²) in [6.07, 6.45) is 0.901. The van der Waals surface area contributed by atoms with E-state index in [4.69, 9.17) is 5.73 Å². The summed E-state index contributed by atoms with van der Waals surface area (Å²) in [6.45, 7) is 4.34. The summed E-state index contributed by atoms with van der Waals surface area (Å²) >= 11 is 1.52. The second kappa shape index (κ2) is 6.41. The number of nitrogens with one attached hydrogen (secondary N) is 1. The molecule has 104 valence electrons. The van der Waals surface area contributed by atoms with Gasteiger partial charge in [-0.25, -0.2) is 4.98 Å². The molecule has 0 amide bonds. The zero-order valence-corrected chi connectivity index (χ0v) is 12.2. The monoisotopic (exact) mass is 279 g/mol. The van der Waals surface area contributed by atoms with Crippen LogP contribution in [0.25, 0.3) is 11.0 Å². The van der Waals surface area contributed by atoms with Gasteiger partial charge in [0.15, 0.2) is 5.16 Å². The quantitative estimate of drug-likeness (QED) is 0.710. The van der Waals surface area contributed by atoms with Crippen LogP contribution in [0.15, 0.2) is 29.4 Å². The van der Waals surface area contributed by atoms with Crippen molar-refractivity contribution in [3.63, 3.8) is 0 Å². The number of rotatable bonds is 6. The predicted molar refractivity (Wildman–Crippen MR) is 80.3 cm³/mol. The second-order valence-electron chi connectivity index (χ2n) is 5.19. The van der Waals surface area contributed by atoms with Crippen LogP contribution in [0.3, 0.4) is 0 Å². The van der Waals surface area contributed by atoms with E-state index in [2.05, 4.69) is 23.8 Å². The summed E-state index contributed by atoms with van der Waals surface area (Å²) in [5, 5.41) is 10.3. The summed E-state index contributed by atoms with van der Waals surface area (Å²) in [7, 11) is 0. The number of hydrogen-bond acceptors (Lipinski definition) is 4. The number of aliphatic hydroxyl groups excluding tert-OH is 1. The average molecular weight is 279 g/mol. The minimum atomic E-state index is -0.0250. The lowest BCUT2D eigenvalue weighted by Crippen LogP contribution is -2.36. The molecule has 2 atom stereocenters. The molecule has 0 radical (unpaired) electrons. The van der Waals surface area contributed by atoms with E-state index in [0.29, 0.717) is 5.92 Å². The Balaban J connectivity index is 2.09. The molecule has 0 bridgehead atoms. The number of aromatic amines is 1. The minimum absolute atomic E-state index is 0.0248. The Labute approximate surface area is 117 Å². The molecular weight excluding hydrogens is 258 g/mol. The van der Waals surface area contributed by atoms with Gasteiger partial charge in [0.2, 0.25) is 0 Å². The largest absolute Gasteiger partial charge is 0.395 e. The first-order valence-corrected chi connectivity index (χ1v) is 7.46. The molecule has 4 N–H and O–H groups in total. The number of nitrogens with two attached hydrogens (primary N) is 1. The highest BCUT2D eigenvalue weighted by molar-refractivity contribution is 7.99. The molecule has 0 fully saturated rings. The summed E-state index contributed by atoms with van der Waals surface area (Å²) in [5.41, 5.74) is 8.11. The van der Waals surface area contributed by atoms with Crippen LogP contribution in [-0.2, 0) is 0 Å². The highest BCUT2D eigenvalue weighted by Crippen LogP contribution is 2.26. The van der Waals surface area contributed by atoms with Crippen molar-refractivity contribution in [3.8, 4) is 0 Å². The first-order valence-electron chi connectivity index (χ1n) is 6.58. The molecule has 0 aliphatic carbocycles. The Morgan fingerprint density at radius 3 is 2.74 bits per heavy atom. The summed E-state index contributed by atoms with van der Waals surface area (Å²) < 4.78 is 0. The molecule has 0 aliphatic heterocycles. The van der Waals surface area contributed by atoms with E-state index in [1.54, 1.807) is 0 Å². The molecule has 19 heavy (non-hydrogen) atoms. The molecule has 1 aromatic heterocycles. The normalized spacial score (nSPS) is 15.0. The van der Waals surface area contributed by atoms with Crippen molar-refractivity contribution in [2.75, 3.05) is 6.61 Å². The van der Waals surface area contributed by atoms with E-state index < -0.39 is 0 Å². The van der Waals surface area contributed by atoms with Gasteiger partial charge in [0.1, 0.15) is 0 Å². The molecule has 1 heterocycles. The smallest absolute Gasteiger partial charge is 0.166 e. The van der Waals surface area contributed by atoms with Crippen molar-refractivity contribution >= 4 is 22.8 Å². The van der Waals surface area contributed by atoms with Gasteiger partial charge >= 0.3 is 0 Å². The van der Waals surface area contributed by atoms with Crippen LogP contribution >= 0.6 is 11.8 Å².